The predicted molar refractivity (Wildman–Crippen MR) is 143 cm³/mol. The SMILES string of the molecule is COC(=O)C(Cc1ccc(OCCCCCCNC(=O)OC(C)(C)C)cc1)N(C=O)OCc1ccccc1. The van der Waals surface area contributed by atoms with E-state index in [1.165, 1.54) is 7.11 Å². The zero-order valence-corrected chi connectivity index (χ0v) is 22.8. The van der Waals surface area contributed by atoms with E-state index in [0.717, 1.165) is 47.6 Å². The summed E-state index contributed by atoms with van der Waals surface area (Å²) in [4.78, 5) is 41.3. The van der Waals surface area contributed by atoms with Gasteiger partial charge in [-0.2, -0.15) is 0 Å². The molecule has 0 aliphatic rings. The minimum atomic E-state index is -0.919. The van der Waals surface area contributed by atoms with Crippen LogP contribution in [0.4, 0.5) is 4.79 Å². The summed E-state index contributed by atoms with van der Waals surface area (Å²) in [5.74, 6) is 0.161. The highest BCUT2D eigenvalue weighted by Crippen LogP contribution is 2.17. The number of amides is 2. The van der Waals surface area contributed by atoms with Gasteiger partial charge in [0.2, 0.25) is 6.41 Å². The van der Waals surface area contributed by atoms with Gasteiger partial charge in [-0.3, -0.25) is 9.63 Å². The summed E-state index contributed by atoms with van der Waals surface area (Å²) in [7, 11) is 1.28. The first kappa shape index (κ1) is 30.6. The summed E-state index contributed by atoms with van der Waals surface area (Å²) in [6, 6.07) is 15.8. The topological polar surface area (TPSA) is 103 Å². The van der Waals surface area contributed by atoms with Gasteiger partial charge >= 0.3 is 12.1 Å². The molecule has 0 saturated carbocycles. The van der Waals surface area contributed by atoms with Crippen LogP contribution in [0, 0.1) is 0 Å². The van der Waals surface area contributed by atoms with E-state index in [-0.39, 0.29) is 19.1 Å². The second kappa shape index (κ2) is 16.3. The Morgan fingerprint density at radius 1 is 0.947 bits per heavy atom. The second-order valence-electron chi connectivity index (χ2n) is 9.80. The van der Waals surface area contributed by atoms with E-state index in [9.17, 15) is 14.4 Å². The molecule has 0 spiro atoms. The molecule has 0 bridgehead atoms. The molecule has 2 rings (SSSR count). The van der Waals surface area contributed by atoms with Gasteiger partial charge in [0.1, 0.15) is 18.0 Å². The van der Waals surface area contributed by atoms with E-state index in [4.69, 9.17) is 19.0 Å². The fraction of sp³-hybridized carbons (Fsp3) is 0.483. The Morgan fingerprint density at radius 3 is 2.26 bits per heavy atom. The van der Waals surface area contributed by atoms with Crippen LogP contribution in [0.2, 0.25) is 0 Å². The molecule has 0 radical (unpaired) electrons. The molecule has 0 fully saturated rings. The number of benzene rings is 2. The van der Waals surface area contributed by atoms with Crippen LogP contribution < -0.4 is 10.1 Å². The molecule has 0 aliphatic carbocycles. The lowest BCUT2D eigenvalue weighted by Gasteiger charge is -2.25. The third-order valence-electron chi connectivity index (χ3n) is 5.47. The number of hydrogen-bond donors (Lipinski definition) is 1. The van der Waals surface area contributed by atoms with Crippen molar-refractivity contribution >= 4 is 18.5 Å². The van der Waals surface area contributed by atoms with Crippen LogP contribution in [0.5, 0.6) is 5.75 Å². The highest BCUT2D eigenvalue weighted by Gasteiger charge is 2.27. The summed E-state index contributed by atoms with van der Waals surface area (Å²) < 4.78 is 15.9. The third-order valence-corrected chi connectivity index (χ3v) is 5.47. The molecule has 0 saturated heterocycles. The highest BCUT2D eigenvalue weighted by atomic mass is 16.7. The van der Waals surface area contributed by atoms with Crippen LogP contribution in [0.3, 0.4) is 0 Å². The van der Waals surface area contributed by atoms with Crippen molar-refractivity contribution in [2.24, 2.45) is 0 Å². The Kier molecular flexibility index (Phi) is 13.1. The van der Waals surface area contributed by atoms with E-state index in [1.54, 1.807) is 0 Å². The Bertz CT molecular complexity index is 975. The molecule has 0 aromatic heterocycles. The second-order valence-corrected chi connectivity index (χ2v) is 9.80. The number of hydrogen-bond acceptors (Lipinski definition) is 7. The van der Waals surface area contributed by atoms with Gasteiger partial charge < -0.3 is 19.5 Å². The number of rotatable bonds is 16. The summed E-state index contributed by atoms with van der Waals surface area (Å²) >= 11 is 0. The largest absolute Gasteiger partial charge is 0.494 e. The first-order valence-electron chi connectivity index (χ1n) is 12.9. The fourth-order valence-electron chi connectivity index (χ4n) is 3.55. The molecule has 2 amide bonds. The van der Waals surface area contributed by atoms with Gasteiger partial charge in [0.15, 0.2) is 6.04 Å². The highest BCUT2D eigenvalue weighted by molar-refractivity contribution is 5.78. The molecule has 2 aromatic carbocycles. The molecule has 1 unspecified atom stereocenters. The number of carbonyl (C=O) groups is 3. The molecule has 0 aliphatic heterocycles. The Hall–Kier alpha value is -3.59. The zero-order valence-electron chi connectivity index (χ0n) is 22.8. The van der Waals surface area contributed by atoms with Gasteiger partial charge in [-0.05, 0) is 56.9 Å². The third kappa shape index (κ3) is 12.1. The van der Waals surface area contributed by atoms with Crippen LogP contribution in [0.15, 0.2) is 54.6 Å². The van der Waals surface area contributed by atoms with Crippen molar-refractivity contribution < 1.29 is 33.4 Å². The van der Waals surface area contributed by atoms with Gasteiger partial charge in [0.25, 0.3) is 0 Å². The predicted octanol–water partition coefficient (Wildman–Crippen LogP) is 4.82. The number of hydroxylamine groups is 2. The van der Waals surface area contributed by atoms with Gasteiger partial charge in [-0.1, -0.05) is 55.3 Å². The van der Waals surface area contributed by atoms with E-state index < -0.39 is 17.6 Å². The number of ether oxygens (including phenoxy) is 3. The molecular weight excluding hydrogens is 488 g/mol. The molecule has 9 nitrogen and oxygen atoms in total. The lowest BCUT2D eigenvalue weighted by Crippen LogP contribution is -2.42. The Balaban J connectivity index is 1.73. The maximum atomic E-state index is 12.4. The quantitative estimate of drug-likeness (QED) is 0.144. The lowest BCUT2D eigenvalue weighted by molar-refractivity contribution is -0.201. The molecule has 208 valence electrons. The number of esters is 1. The fourth-order valence-corrected chi connectivity index (χ4v) is 3.55. The van der Waals surface area contributed by atoms with Crippen molar-refractivity contribution in [2.45, 2.75) is 71.1 Å². The monoisotopic (exact) mass is 528 g/mol. The first-order valence-corrected chi connectivity index (χ1v) is 12.9. The molecule has 1 atom stereocenters. The van der Waals surface area contributed by atoms with Crippen LogP contribution in [0.1, 0.15) is 57.6 Å². The maximum Gasteiger partial charge on any atom is 0.407 e. The average Bonchev–Trinajstić information content (AvgIpc) is 2.89. The zero-order chi connectivity index (χ0) is 27.8. The number of unbranched alkanes of at least 4 members (excludes halogenated alkanes) is 3. The minimum absolute atomic E-state index is 0.153. The molecule has 9 heteroatoms. The smallest absolute Gasteiger partial charge is 0.407 e. The van der Waals surface area contributed by atoms with E-state index >= 15 is 0 Å². The van der Waals surface area contributed by atoms with Gasteiger partial charge in [-0.25, -0.2) is 14.7 Å². The van der Waals surface area contributed by atoms with Crippen molar-refractivity contribution in [3.63, 3.8) is 0 Å². The molecule has 1 N–H and O–H groups in total. The number of nitrogens with zero attached hydrogens (tertiary/aromatic N) is 1. The molecular formula is C29H40N2O7. The number of nitrogens with one attached hydrogen (secondary N) is 1. The number of carbonyl (C=O) groups excluding carboxylic acids is 3. The van der Waals surface area contributed by atoms with E-state index in [2.05, 4.69) is 5.32 Å². The van der Waals surface area contributed by atoms with Crippen molar-refractivity contribution in [2.75, 3.05) is 20.3 Å². The lowest BCUT2D eigenvalue weighted by atomic mass is 10.1. The van der Waals surface area contributed by atoms with Crippen molar-refractivity contribution in [1.82, 2.24) is 10.4 Å². The summed E-state index contributed by atoms with van der Waals surface area (Å²) in [5.41, 5.74) is 1.22. The van der Waals surface area contributed by atoms with Crippen LogP contribution in [0.25, 0.3) is 0 Å². The Labute approximate surface area is 225 Å². The van der Waals surface area contributed by atoms with Crippen molar-refractivity contribution in [3.05, 3.63) is 65.7 Å². The summed E-state index contributed by atoms with van der Waals surface area (Å²) in [6.45, 7) is 6.83. The van der Waals surface area contributed by atoms with Gasteiger partial charge in [-0.15, -0.1) is 0 Å². The molecule has 0 heterocycles. The Morgan fingerprint density at radius 2 is 1.63 bits per heavy atom. The standard InChI is InChI=1S/C29H40N2O7/c1-29(2,3)38-28(34)30-18-10-5-6-11-19-36-25-16-14-23(15-17-25)20-26(27(33)35-4)31(22-32)37-21-24-12-8-7-9-13-24/h7-9,12-17,22,26H,5-6,10-11,18-21H2,1-4H3,(H,30,34). The van der Waals surface area contributed by atoms with Crippen LogP contribution in [-0.4, -0.2) is 55.4 Å². The van der Waals surface area contributed by atoms with Crippen LogP contribution in [-0.2, 0) is 36.9 Å². The average molecular weight is 529 g/mol. The van der Waals surface area contributed by atoms with E-state index in [1.807, 2.05) is 75.4 Å². The van der Waals surface area contributed by atoms with E-state index in [0.29, 0.717) is 19.6 Å². The van der Waals surface area contributed by atoms with Gasteiger partial charge in [0, 0.05) is 13.0 Å². The normalized spacial score (nSPS) is 11.8. The molecule has 2 aromatic rings. The van der Waals surface area contributed by atoms with Crippen molar-refractivity contribution in [3.8, 4) is 5.75 Å². The minimum Gasteiger partial charge on any atom is -0.494 e. The maximum absolute atomic E-state index is 12.4. The summed E-state index contributed by atoms with van der Waals surface area (Å²) in [6.07, 6.45) is 4.08. The number of methoxy groups -OCH3 is 1. The molecule has 38 heavy (non-hydrogen) atoms. The van der Waals surface area contributed by atoms with Gasteiger partial charge in [0.05, 0.1) is 13.7 Å². The number of alkyl carbamates (subject to hydrolysis) is 1. The van der Waals surface area contributed by atoms with Crippen LogP contribution >= 0.6 is 0 Å². The van der Waals surface area contributed by atoms with Crippen molar-refractivity contribution in [1.29, 1.82) is 0 Å². The summed E-state index contributed by atoms with van der Waals surface area (Å²) in [5, 5.41) is 3.77. The first-order chi connectivity index (χ1) is 18.2.